The van der Waals surface area contributed by atoms with E-state index in [9.17, 15) is 4.79 Å². The normalized spacial score (nSPS) is 11.6. The number of nitrogens with two attached hydrogens (primary N) is 1. The van der Waals surface area contributed by atoms with Gasteiger partial charge in [-0.3, -0.25) is 0 Å². The van der Waals surface area contributed by atoms with Crippen molar-refractivity contribution in [3.63, 3.8) is 0 Å². The van der Waals surface area contributed by atoms with E-state index < -0.39 is 5.97 Å². The molecule has 1 rings (SSSR count). The van der Waals surface area contributed by atoms with Gasteiger partial charge in [0, 0.05) is 19.3 Å². The van der Waals surface area contributed by atoms with Gasteiger partial charge in [0.15, 0.2) is 0 Å². The average Bonchev–Trinajstić information content (AvgIpc) is 2.37. The zero-order valence-electron chi connectivity index (χ0n) is 11.8. The molecule has 0 aliphatic rings. The average molecular weight is 296 g/mol. The first kappa shape index (κ1) is 16.1. The predicted octanol–water partition coefficient (Wildman–Crippen LogP) is 2.69. The maximum absolute atomic E-state index is 12.0. The molecule has 0 saturated heterocycles. The van der Waals surface area contributed by atoms with Crippen molar-refractivity contribution < 1.29 is 9.53 Å². The summed E-state index contributed by atoms with van der Waals surface area (Å²) >= 11 is 6.19. The number of nitrogen functional groups attached to an aromatic ring is 1. The van der Waals surface area contributed by atoms with E-state index in [0.717, 1.165) is 0 Å². The zero-order valence-corrected chi connectivity index (χ0v) is 12.6. The van der Waals surface area contributed by atoms with E-state index in [0.29, 0.717) is 28.5 Å². The summed E-state index contributed by atoms with van der Waals surface area (Å²) in [5, 5.41) is 9.25. The molecule has 0 aliphatic heterocycles. The Morgan fingerprint density at radius 2 is 2.25 bits per heavy atom. The van der Waals surface area contributed by atoms with Gasteiger partial charge in [0.1, 0.15) is 0 Å². The Morgan fingerprint density at radius 1 is 1.60 bits per heavy atom. The molecule has 0 saturated carbocycles. The maximum atomic E-state index is 12.0. The second-order valence-electron chi connectivity index (χ2n) is 4.53. The second kappa shape index (κ2) is 7.01. The van der Waals surface area contributed by atoms with Crippen LogP contribution in [0.5, 0.6) is 0 Å². The van der Waals surface area contributed by atoms with Crippen LogP contribution in [0.3, 0.4) is 0 Å². The summed E-state index contributed by atoms with van der Waals surface area (Å²) in [6.07, 6.45) is 0. The van der Waals surface area contributed by atoms with E-state index in [4.69, 9.17) is 27.3 Å². The zero-order chi connectivity index (χ0) is 15.3. The highest BCUT2D eigenvalue weighted by molar-refractivity contribution is 6.34. The molecule has 0 fully saturated rings. The Labute approximate surface area is 123 Å². The van der Waals surface area contributed by atoms with Gasteiger partial charge in [0.2, 0.25) is 0 Å². The van der Waals surface area contributed by atoms with Gasteiger partial charge in [-0.1, -0.05) is 11.6 Å². The van der Waals surface area contributed by atoms with Crippen LogP contribution in [0.1, 0.15) is 24.2 Å². The van der Waals surface area contributed by atoms with Gasteiger partial charge in [0.05, 0.1) is 34.9 Å². The second-order valence-corrected chi connectivity index (χ2v) is 4.94. The molecule has 0 spiro atoms. The Balaban J connectivity index is 3.23. The molecule has 1 atom stereocenters. The molecule has 1 unspecified atom stereocenters. The van der Waals surface area contributed by atoms with E-state index in [2.05, 4.69) is 6.07 Å². The lowest BCUT2D eigenvalue weighted by Gasteiger charge is -2.24. The summed E-state index contributed by atoms with van der Waals surface area (Å²) in [4.78, 5) is 13.8. The van der Waals surface area contributed by atoms with E-state index in [1.165, 1.54) is 6.07 Å². The van der Waals surface area contributed by atoms with Gasteiger partial charge < -0.3 is 15.4 Å². The molecular formula is C14H18ClN3O2. The maximum Gasteiger partial charge on any atom is 0.340 e. The minimum atomic E-state index is -0.479. The van der Waals surface area contributed by atoms with E-state index >= 15 is 0 Å². The van der Waals surface area contributed by atoms with Gasteiger partial charge in [-0.2, -0.15) is 5.26 Å². The Kier molecular flexibility index (Phi) is 5.66. The number of carbonyl (C=O) groups excluding carboxylic acids is 1. The number of rotatable bonds is 5. The third-order valence-corrected chi connectivity index (χ3v) is 3.02. The lowest BCUT2D eigenvalue weighted by atomic mass is 10.1. The van der Waals surface area contributed by atoms with Gasteiger partial charge >= 0.3 is 5.97 Å². The van der Waals surface area contributed by atoms with Crippen molar-refractivity contribution in [2.45, 2.75) is 13.8 Å². The van der Waals surface area contributed by atoms with E-state index in [-0.39, 0.29) is 12.5 Å². The first-order valence-electron chi connectivity index (χ1n) is 6.27. The third-order valence-electron chi connectivity index (χ3n) is 2.73. The quantitative estimate of drug-likeness (QED) is 0.667. The fourth-order valence-corrected chi connectivity index (χ4v) is 2.29. The predicted molar refractivity (Wildman–Crippen MR) is 79.9 cm³/mol. The molecule has 20 heavy (non-hydrogen) atoms. The topological polar surface area (TPSA) is 79.3 Å². The lowest BCUT2D eigenvalue weighted by molar-refractivity contribution is 0.0527. The molecule has 0 aromatic heterocycles. The molecule has 1 aromatic carbocycles. The number of nitriles is 1. The van der Waals surface area contributed by atoms with Crippen LogP contribution in [0.4, 0.5) is 11.4 Å². The highest BCUT2D eigenvalue weighted by Crippen LogP contribution is 2.32. The number of esters is 1. The molecule has 0 aliphatic carbocycles. The minimum Gasteiger partial charge on any atom is -0.462 e. The number of halogens is 1. The summed E-state index contributed by atoms with van der Waals surface area (Å²) in [7, 11) is 1.77. The Hall–Kier alpha value is -1.93. The van der Waals surface area contributed by atoms with Crippen LogP contribution in [-0.4, -0.2) is 26.2 Å². The number of anilines is 2. The monoisotopic (exact) mass is 295 g/mol. The van der Waals surface area contributed by atoms with Crippen LogP contribution in [0.2, 0.25) is 5.02 Å². The molecule has 6 heteroatoms. The molecule has 0 bridgehead atoms. The summed E-state index contributed by atoms with van der Waals surface area (Å²) in [5.74, 6) is -0.670. The molecular weight excluding hydrogens is 278 g/mol. The Morgan fingerprint density at radius 3 is 2.80 bits per heavy atom. The fraction of sp³-hybridized carbons (Fsp3) is 0.429. The van der Waals surface area contributed by atoms with Crippen molar-refractivity contribution in [3.8, 4) is 6.07 Å². The summed E-state index contributed by atoms with van der Waals surface area (Å²) in [5.41, 5.74) is 6.96. The van der Waals surface area contributed by atoms with E-state index in [1.54, 1.807) is 31.9 Å². The number of hydrogen-bond acceptors (Lipinski definition) is 5. The number of carbonyl (C=O) groups is 1. The summed E-state index contributed by atoms with van der Waals surface area (Å²) in [6.45, 7) is 4.24. The van der Waals surface area contributed by atoms with Gasteiger partial charge in [-0.15, -0.1) is 0 Å². The standard InChI is InChI=1S/C14H18ClN3O2/c1-4-20-14(19)11-5-10(17)6-12(15)13(11)18(3)8-9(2)7-16/h5-6,9H,4,8,17H2,1-3H3. The van der Waals surface area contributed by atoms with Crippen molar-refractivity contribution in [1.82, 2.24) is 0 Å². The van der Waals surface area contributed by atoms with Gasteiger partial charge in [-0.25, -0.2) is 4.79 Å². The highest BCUT2D eigenvalue weighted by Gasteiger charge is 2.20. The van der Waals surface area contributed by atoms with Crippen LogP contribution < -0.4 is 10.6 Å². The van der Waals surface area contributed by atoms with Crippen molar-refractivity contribution >= 4 is 28.9 Å². The largest absolute Gasteiger partial charge is 0.462 e. The first-order chi connectivity index (χ1) is 9.40. The summed E-state index contributed by atoms with van der Waals surface area (Å²) in [6, 6.07) is 5.26. The van der Waals surface area contributed by atoms with Crippen molar-refractivity contribution in [1.29, 1.82) is 5.26 Å². The third kappa shape index (κ3) is 3.78. The van der Waals surface area contributed by atoms with Crippen molar-refractivity contribution in [3.05, 3.63) is 22.7 Å². The lowest BCUT2D eigenvalue weighted by Crippen LogP contribution is -2.26. The SMILES string of the molecule is CCOC(=O)c1cc(N)cc(Cl)c1N(C)CC(C)C#N. The van der Waals surface area contributed by atoms with E-state index in [1.807, 2.05) is 0 Å². The molecule has 0 heterocycles. The van der Waals surface area contributed by atoms with Crippen molar-refractivity contribution in [2.75, 3.05) is 30.8 Å². The summed E-state index contributed by atoms with van der Waals surface area (Å²) < 4.78 is 5.02. The molecule has 0 radical (unpaired) electrons. The smallest absolute Gasteiger partial charge is 0.340 e. The number of ether oxygens (including phenoxy) is 1. The van der Waals surface area contributed by atoms with Gasteiger partial charge in [0.25, 0.3) is 0 Å². The molecule has 5 nitrogen and oxygen atoms in total. The molecule has 0 amide bonds. The van der Waals surface area contributed by atoms with Crippen LogP contribution in [0, 0.1) is 17.2 Å². The van der Waals surface area contributed by atoms with Crippen LogP contribution >= 0.6 is 11.6 Å². The minimum absolute atomic E-state index is 0.191. The van der Waals surface area contributed by atoms with Crippen LogP contribution in [0.25, 0.3) is 0 Å². The van der Waals surface area contributed by atoms with Crippen LogP contribution in [0.15, 0.2) is 12.1 Å². The fourth-order valence-electron chi connectivity index (χ4n) is 1.92. The highest BCUT2D eigenvalue weighted by atomic mass is 35.5. The number of benzene rings is 1. The molecule has 108 valence electrons. The Bertz CT molecular complexity index is 540. The molecule has 1 aromatic rings. The first-order valence-corrected chi connectivity index (χ1v) is 6.65. The van der Waals surface area contributed by atoms with Crippen molar-refractivity contribution in [2.24, 2.45) is 5.92 Å². The number of hydrogen-bond donors (Lipinski definition) is 1. The van der Waals surface area contributed by atoms with Crippen LogP contribution in [-0.2, 0) is 4.74 Å². The molecule has 2 N–H and O–H groups in total. The number of nitrogens with zero attached hydrogens (tertiary/aromatic N) is 2. The van der Waals surface area contributed by atoms with Gasteiger partial charge in [-0.05, 0) is 26.0 Å².